The van der Waals surface area contributed by atoms with E-state index in [1.165, 1.54) is 11.0 Å². The van der Waals surface area contributed by atoms with Gasteiger partial charge < -0.3 is 19.7 Å². The van der Waals surface area contributed by atoms with Gasteiger partial charge in [-0.2, -0.15) is 13.2 Å². The summed E-state index contributed by atoms with van der Waals surface area (Å²) in [6.45, 7) is 6.05. The summed E-state index contributed by atoms with van der Waals surface area (Å²) in [5.74, 6) is -4.13. The molecule has 2 aromatic rings. The van der Waals surface area contributed by atoms with E-state index in [0.717, 1.165) is 36.1 Å². The minimum atomic E-state index is -5.19. The fourth-order valence-electron chi connectivity index (χ4n) is 4.75. The summed E-state index contributed by atoms with van der Waals surface area (Å²) in [5, 5.41) is 14.3. The number of carbonyl (C=O) groups is 3. The highest BCUT2D eigenvalue weighted by Gasteiger charge is 2.39. The highest BCUT2D eigenvalue weighted by atomic mass is 19.4. The van der Waals surface area contributed by atoms with E-state index in [9.17, 15) is 31.9 Å². The quantitative estimate of drug-likeness (QED) is 0.583. The second kappa shape index (κ2) is 11.3. The Morgan fingerprint density at radius 3 is 2.45 bits per heavy atom. The summed E-state index contributed by atoms with van der Waals surface area (Å²) in [6, 6.07) is 4.65. The molecule has 4 rings (SSSR count). The largest absolute Gasteiger partial charge is 0.542 e. The number of aromatic amines is 2. The van der Waals surface area contributed by atoms with E-state index >= 15 is 0 Å². The van der Waals surface area contributed by atoms with Gasteiger partial charge >= 0.3 is 11.7 Å². The average Bonchev–Trinajstić information content (AvgIpc) is 2.84. The lowest BCUT2D eigenvalue weighted by atomic mass is 9.93. The van der Waals surface area contributed by atoms with Gasteiger partial charge in [0.05, 0.1) is 12.0 Å². The van der Waals surface area contributed by atoms with Crippen molar-refractivity contribution in [2.24, 2.45) is 0 Å². The monoisotopic (exact) mass is 540 g/mol. The number of nitrogens with one attached hydrogen (secondary N) is 2. The van der Waals surface area contributed by atoms with Gasteiger partial charge in [0.1, 0.15) is 18.3 Å². The van der Waals surface area contributed by atoms with Crippen molar-refractivity contribution in [2.45, 2.75) is 64.7 Å². The molecular weight excluding hydrogens is 512 g/mol. The van der Waals surface area contributed by atoms with Crippen LogP contribution in [0.4, 0.5) is 17.6 Å². The lowest BCUT2D eigenvalue weighted by molar-refractivity contribution is -0.467. The lowest BCUT2D eigenvalue weighted by Crippen LogP contribution is -2.61. The number of piperazine rings is 1. The van der Waals surface area contributed by atoms with Crippen LogP contribution in [0.25, 0.3) is 0 Å². The topological polar surface area (TPSA) is 128 Å². The molecule has 206 valence electrons. The second-order valence-corrected chi connectivity index (χ2v) is 9.50. The first-order valence-electron chi connectivity index (χ1n) is 12.0. The number of alkyl halides is 3. The third kappa shape index (κ3) is 6.37. The van der Waals surface area contributed by atoms with Gasteiger partial charge in [-0.1, -0.05) is 6.07 Å². The Bertz CT molecular complexity index is 1290. The number of hydrogen-bond donors (Lipinski definition) is 1. The van der Waals surface area contributed by atoms with Gasteiger partial charge in [-0.05, 0) is 57.7 Å². The van der Waals surface area contributed by atoms with E-state index in [-0.39, 0.29) is 35.7 Å². The van der Waals surface area contributed by atoms with Crippen LogP contribution in [0.1, 0.15) is 58.9 Å². The van der Waals surface area contributed by atoms with Crippen molar-refractivity contribution in [2.75, 3.05) is 13.1 Å². The molecular formula is C25H28F4N4O5. The summed E-state index contributed by atoms with van der Waals surface area (Å²) >= 11 is 0. The van der Waals surface area contributed by atoms with E-state index in [2.05, 4.69) is 10.2 Å². The second-order valence-electron chi connectivity index (χ2n) is 9.50. The molecule has 0 bridgehead atoms. The molecule has 3 heterocycles. The number of nitrogens with zero attached hydrogens (tertiary/aromatic N) is 2. The summed E-state index contributed by atoms with van der Waals surface area (Å²) in [5.41, 5.74) is 2.77. The first-order valence-corrected chi connectivity index (χ1v) is 12.0. The Balaban J connectivity index is 0.000000505. The SMILES string of the molecule is Cc1c(Cc2ccc(F)c(C(=O)N3CC(=O)N4[C@@H](CCC[C@H]4C)C3)c2)[nH+][nH]c(=O)c1C.O=C([O-])C(F)(F)F. The number of H-pyrrole nitrogens is 2. The van der Waals surface area contributed by atoms with Crippen molar-refractivity contribution in [1.29, 1.82) is 0 Å². The Kier molecular flexibility index (Phi) is 8.58. The number of aromatic nitrogens is 2. The van der Waals surface area contributed by atoms with Crippen LogP contribution in [0.5, 0.6) is 0 Å². The molecule has 9 nitrogen and oxygen atoms in total. The maximum atomic E-state index is 14.6. The summed E-state index contributed by atoms with van der Waals surface area (Å²) in [7, 11) is 0. The first-order chi connectivity index (χ1) is 17.7. The van der Waals surface area contributed by atoms with Crippen molar-refractivity contribution in [1.82, 2.24) is 14.9 Å². The van der Waals surface area contributed by atoms with E-state index in [4.69, 9.17) is 9.90 Å². The van der Waals surface area contributed by atoms with Crippen molar-refractivity contribution >= 4 is 17.8 Å². The third-order valence-electron chi connectivity index (χ3n) is 6.92. The zero-order valence-corrected chi connectivity index (χ0v) is 21.1. The predicted octanol–water partition coefficient (Wildman–Crippen LogP) is 1.06. The Morgan fingerprint density at radius 1 is 1.16 bits per heavy atom. The van der Waals surface area contributed by atoms with Crippen molar-refractivity contribution in [3.63, 3.8) is 0 Å². The number of fused-ring (bicyclic) bond motifs is 1. The molecule has 0 aliphatic carbocycles. The number of carboxylic acids is 1. The Labute approximate surface area is 215 Å². The summed E-state index contributed by atoms with van der Waals surface area (Å²) in [6.07, 6.45) is -1.91. The fourth-order valence-corrected chi connectivity index (χ4v) is 4.75. The van der Waals surface area contributed by atoms with Gasteiger partial charge in [0.2, 0.25) is 11.6 Å². The number of piperidine rings is 1. The maximum Gasteiger partial charge on any atom is 0.430 e. The minimum Gasteiger partial charge on any atom is -0.542 e. The highest BCUT2D eigenvalue weighted by molar-refractivity contribution is 5.97. The van der Waals surface area contributed by atoms with E-state index in [1.807, 2.05) is 18.7 Å². The van der Waals surface area contributed by atoms with Crippen molar-refractivity contribution < 1.29 is 42.2 Å². The van der Waals surface area contributed by atoms with Crippen LogP contribution >= 0.6 is 0 Å². The zero-order valence-electron chi connectivity index (χ0n) is 21.1. The van der Waals surface area contributed by atoms with Gasteiger partial charge in [-0.3, -0.25) is 14.4 Å². The van der Waals surface area contributed by atoms with Crippen LogP contribution in [-0.2, 0) is 16.0 Å². The van der Waals surface area contributed by atoms with E-state index in [1.54, 1.807) is 19.1 Å². The van der Waals surface area contributed by atoms with E-state index < -0.39 is 23.9 Å². The van der Waals surface area contributed by atoms with Gasteiger partial charge in [-0.25, -0.2) is 4.39 Å². The molecule has 0 spiro atoms. The van der Waals surface area contributed by atoms with Gasteiger partial charge in [0, 0.05) is 29.8 Å². The van der Waals surface area contributed by atoms with Crippen LogP contribution in [0.15, 0.2) is 23.0 Å². The minimum absolute atomic E-state index is 0.00145. The molecule has 2 atom stereocenters. The summed E-state index contributed by atoms with van der Waals surface area (Å²) < 4.78 is 46.2. The lowest BCUT2D eigenvalue weighted by Gasteiger charge is -2.47. The fraction of sp³-hybridized carbons (Fsp3) is 0.480. The number of aliphatic carboxylic acids is 1. The molecule has 0 radical (unpaired) electrons. The molecule has 1 aromatic carbocycles. The number of hydrogen-bond acceptors (Lipinski definition) is 5. The standard InChI is InChI=1S/C23H27FN4O3.C2HF3O2/c1-13-5-4-6-17-11-27(12-21(29)28(13)17)23(31)18-9-16(7-8-19(18)24)10-20-14(2)15(3)22(30)26-25-20;3-2(4,5)1(6)7/h7-9,13,17H,4-6,10-12H2,1-3H3,(H,26,30);(H,6,7)/t13-,17+;/m1./s1. The number of halogens is 4. The molecule has 2 fully saturated rings. The normalized spacial score (nSPS) is 19.4. The van der Waals surface area contributed by atoms with Gasteiger partial charge in [0.25, 0.3) is 5.91 Å². The molecule has 0 saturated carbocycles. The van der Waals surface area contributed by atoms with Crippen LogP contribution in [0.2, 0.25) is 0 Å². The van der Waals surface area contributed by atoms with Crippen LogP contribution in [0.3, 0.4) is 0 Å². The molecule has 0 unspecified atom stereocenters. The molecule has 2 amide bonds. The smallest absolute Gasteiger partial charge is 0.430 e. The van der Waals surface area contributed by atoms with Crippen molar-refractivity contribution in [3.05, 3.63) is 62.3 Å². The van der Waals surface area contributed by atoms with E-state index in [0.29, 0.717) is 18.5 Å². The molecule has 2 aliphatic heterocycles. The van der Waals surface area contributed by atoms with Crippen LogP contribution < -0.4 is 15.8 Å². The molecule has 2 saturated heterocycles. The highest BCUT2D eigenvalue weighted by Crippen LogP contribution is 2.28. The Morgan fingerprint density at radius 2 is 1.82 bits per heavy atom. The number of benzene rings is 1. The van der Waals surface area contributed by atoms with Crippen LogP contribution in [0, 0.1) is 19.7 Å². The number of amides is 2. The van der Waals surface area contributed by atoms with Gasteiger partial charge in [0.15, 0.2) is 0 Å². The molecule has 2 N–H and O–H groups in total. The zero-order chi connectivity index (χ0) is 28.4. The predicted molar refractivity (Wildman–Crippen MR) is 123 cm³/mol. The number of rotatable bonds is 3. The molecule has 2 aliphatic rings. The van der Waals surface area contributed by atoms with Gasteiger partial charge in [-0.15, -0.1) is 10.2 Å². The first kappa shape index (κ1) is 28.8. The molecule has 38 heavy (non-hydrogen) atoms. The van der Waals surface area contributed by atoms with Crippen LogP contribution in [-0.4, -0.2) is 64.0 Å². The Hall–Kier alpha value is -3.77. The molecule has 1 aromatic heterocycles. The molecule has 13 heteroatoms. The maximum absolute atomic E-state index is 14.6. The summed E-state index contributed by atoms with van der Waals surface area (Å²) in [4.78, 5) is 49.7. The number of carbonyl (C=O) groups excluding carboxylic acids is 3. The number of carboxylic acid groups (broad SMARTS) is 1. The third-order valence-corrected chi connectivity index (χ3v) is 6.92. The average molecular weight is 541 g/mol. The van der Waals surface area contributed by atoms with Crippen molar-refractivity contribution in [3.8, 4) is 0 Å².